The quantitative estimate of drug-likeness (QED) is 0.687. The number of nitrogens with two attached hydrogens (primary N) is 1. The fraction of sp³-hybridized carbons (Fsp3) is 1.00. The number of ether oxygens (including phenoxy) is 1. The molecule has 3 atom stereocenters. The van der Waals surface area contributed by atoms with Crippen LogP contribution in [0.4, 0.5) is 4.39 Å². The molecule has 5 heteroatoms. The fourth-order valence-electron chi connectivity index (χ4n) is 2.42. The van der Waals surface area contributed by atoms with E-state index in [0.717, 1.165) is 25.9 Å². The number of nitrogens with zero attached hydrogens (tertiary/aromatic N) is 1. The summed E-state index contributed by atoms with van der Waals surface area (Å²) in [5.74, 6) is 0. The third kappa shape index (κ3) is 2.91. The maximum Gasteiger partial charge on any atom is 0.140 e. The maximum atomic E-state index is 13.7. The molecule has 0 aromatic rings. The van der Waals surface area contributed by atoms with Crippen molar-refractivity contribution >= 4 is 0 Å². The van der Waals surface area contributed by atoms with Crippen molar-refractivity contribution in [2.24, 2.45) is 5.73 Å². The van der Waals surface area contributed by atoms with Gasteiger partial charge in [0.1, 0.15) is 12.3 Å². The van der Waals surface area contributed by atoms with Crippen molar-refractivity contribution in [1.29, 1.82) is 0 Å². The highest BCUT2D eigenvalue weighted by Crippen LogP contribution is 2.19. The first-order valence-electron chi connectivity index (χ1n) is 6.11. The number of likely N-dealkylation sites (tertiary alicyclic amines) is 1. The van der Waals surface area contributed by atoms with Gasteiger partial charge in [0.05, 0.1) is 6.10 Å². The zero-order chi connectivity index (χ0) is 11.5. The molecule has 2 rings (SSSR count). The number of nitrogens with one attached hydrogen (secondary N) is 1. The Balaban J connectivity index is 1.83. The van der Waals surface area contributed by atoms with Gasteiger partial charge in [-0.2, -0.15) is 0 Å². The third-order valence-corrected chi connectivity index (χ3v) is 3.51. The molecule has 2 aliphatic heterocycles. The molecule has 2 heterocycles. The third-order valence-electron chi connectivity index (χ3n) is 3.51. The van der Waals surface area contributed by atoms with Gasteiger partial charge < -0.3 is 20.7 Å². The first-order chi connectivity index (χ1) is 7.66. The summed E-state index contributed by atoms with van der Waals surface area (Å²) in [6, 6.07) is -0.219. The molecule has 0 amide bonds. The Kier molecular flexibility index (Phi) is 4.13. The highest BCUT2D eigenvalue weighted by Gasteiger charge is 2.34. The van der Waals surface area contributed by atoms with E-state index in [1.54, 1.807) is 0 Å². The van der Waals surface area contributed by atoms with Crippen molar-refractivity contribution in [3.05, 3.63) is 0 Å². The monoisotopic (exact) mass is 231 g/mol. The predicted octanol–water partition coefficient (Wildman–Crippen LogP) is -0.266. The second-order valence-corrected chi connectivity index (χ2v) is 4.94. The van der Waals surface area contributed by atoms with Gasteiger partial charge in [0.25, 0.3) is 0 Å². The Hall–Kier alpha value is -0.230. The van der Waals surface area contributed by atoms with Gasteiger partial charge >= 0.3 is 0 Å². The summed E-state index contributed by atoms with van der Waals surface area (Å²) in [5.41, 5.74) is 5.88. The summed E-state index contributed by atoms with van der Waals surface area (Å²) in [6.45, 7) is 3.08. The highest BCUT2D eigenvalue weighted by molar-refractivity contribution is 4.90. The molecule has 3 unspecified atom stereocenters. The molecule has 0 saturated carbocycles. The normalized spacial score (nSPS) is 38.8. The minimum absolute atomic E-state index is 0.184. The van der Waals surface area contributed by atoms with Gasteiger partial charge in [0.2, 0.25) is 0 Å². The van der Waals surface area contributed by atoms with E-state index in [4.69, 9.17) is 10.5 Å². The lowest BCUT2D eigenvalue weighted by atomic mass is 10.0. The average molecular weight is 231 g/mol. The van der Waals surface area contributed by atoms with Crippen LogP contribution in [0.2, 0.25) is 0 Å². The average Bonchev–Trinajstić information content (AvgIpc) is 2.26. The van der Waals surface area contributed by atoms with Crippen LogP contribution < -0.4 is 11.1 Å². The summed E-state index contributed by atoms with van der Waals surface area (Å²) >= 11 is 0. The van der Waals surface area contributed by atoms with E-state index in [9.17, 15) is 4.39 Å². The first kappa shape index (κ1) is 12.2. The molecule has 3 N–H and O–H groups in total. The van der Waals surface area contributed by atoms with Crippen molar-refractivity contribution in [2.75, 3.05) is 33.2 Å². The van der Waals surface area contributed by atoms with E-state index < -0.39 is 12.3 Å². The van der Waals surface area contributed by atoms with E-state index in [1.807, 2.05) is 0 Å². The van der Waals surface area contributed by atoms with Crippen LogP contribution >= 0.6 is 0 Å². The van der Waals surface area contributed by atoms with Crippen molar-refractivity contribution in [3.8, 4) is 0 Å². The van der Waals surface area contributed by atoms with Crippen LogP contribution in [-0.2, 0) is 4.74 Å². The van der Waals surface area contributed by atoms with Crippen LogP contribution in [0.5, 0.6) is 0 Å². The van der Waals surface area contributed by atoms with Gasteiger partial charge in [0, 0.05) is 32.2 Å². The number of alkyl halides is 1. The van der Waals surface area contributed by atoms with Crippen LogP contribution in [0.25, 0.3) is 0 Å². The van der Waals surface area contributed by atoms with E-state index >= 15 is 0 Å². The van der Waals surface area contributed by atoms with Crippen molar-refractivity contribution in [2.45, 2.75) is 37.3 Å². The molecule has 94 valence electrons. The molecule has 2 aliphatic rings. The molecule has 4 nitrogen and oxygen atoms in total. The SMILES string of the molecule is CN1CCC(OC2C(N)CNCC2F)CC1. The van der Waals surface area contributed by atoms with Gasteiger partial charge in [-0.25, -0.2) is 4.39 Å². The zero-order valence-corrected chi connectivity index (χ0v) is 9.86. The number of rotatable bonds is 2. The molecule has 0 radical (unpaired) electrons. The summed E-state index contributed by atoms with van der Waals surface area (Å²) in [7, 11) is 2.10. The number of piperidine rings is 2. The first-order valence-corrected chi connectivity index (χ1v) is 6.11. The molecule has 0 aromatic heterocycles. The van der Waals surface area contributed by atoms with Crippen LogP contribution in [0.1, 0.15) is 12.8 Å². The molecule has 2 saturated heterocycles. The summed E-state index contributed by atoms with van der Waals surface area (Å²) in [4.78, 5) is 2.27. The second-order valence-electron chi connectivity index (χ2n) is 4.94. The number of hydrogen-bond donors (Lipinski definition) is 2. The van der Waals surface area contributed by atoms with Gasteiger partial charge in [-0.3, -0.25) is 0 Å². The number of halogens is 1. The van der Waals surface area contributed by atoms with Crippen LogP contribution in [0.15, 0.2) is 0 Å². The zero-order valence-electron chi connectivity index (χ0n) is 9.86. The highest BCUT2D eigenvalue weighted by atomic mass is 19.1. The Bertz CT molecular complexity index is 211. The van der Waals surface area contributed by atoms with Gasteiger partial charge in [-0.1, -0.05) is 0 Å². The fourth-order valence-corrected chi connectivity index (χ4v) is 2.42. The Morgan fingerprint density at radius 2 is 2.00 bits per heavy atom. The lowest BCUT2D eigenvalue weighted by Gasteiger charge is -2.37. The smallest absolute Gasteiger partial charge is 0.140 e. The summed E-state index contributed by atoms with van der Waals surface area (Å²) < 4.78 is 19.5. The second kappa shape index (κ2) is 5.40. The van der Waals surface area contributed by atoms with Gasteiger partial charge in [0.15, 0.2) is 0 Å². The predicted molar refractivity (Wildman–Crippen MR) is 61.1 cm³/mol. The molecule has 16 heavy (non-hydrogen) atoms. The molecule has 0 spiro atoms. The van der Waals surface area contributed by atoms with E-state index in [2.05, 4.69) is 17.3 Å². The summed E-state index contributed by atoms with van der Waals surface area (Å²) in [6.07, 6.45) is 0.765. The largest absolute Gasteiger partial charge is 0.370 e. The minimum atomic E-state index is -0.969. The standard InChI is InChI=1S/C11H22FN3O/c1-15-4-2-8(3-5-15)16-11-9(12)6-14-7-10(11)13/h8-11,14H,2-7,13H2,1H3. The molecule has 0 bridgehead atoms. The Morgan fingerprint density at radius 1 is 1.31 bits per heavy atom. The topological polar surface area (TPSA) is 50.5 Å². The van der Waals surface area contributed by atoms with Gasteiger partial charge in [-0.15, -0.1) is 0 Å². The van der Waals surface area contributed by atoms with Crippen molar-refractivity contribution < 1.29 is 9.13 Å². The molecule has 0 aliphatic carbocycles. The Morgan fingerprint density at radius 3 is 2.62 bits per heavy atom. The van der Waals surface area contributed by atoms with Crippen LogP contribution in [-0.4, -0.2) is 62.5 Å². The van der Waals surface area contributed by atoms with Gasteiger partial charge in [-0.05, 0) is 19.9 Å². The van der Waals surface area contributed by atoms with Crippen molar-refractivity contribution in [3.63, 3.8) is 0 Å². The molecular weight excluding hydrogens is 209 g/mol. The molecule has 0 aromatic carbocycles. The number of hydrogen-bond acceptors (Lipinski definition) is 4. The minimum Gasteiger partial charge on any atom is -0.370 e. The molecular formula is C11H22FN3O. The lowest BCUT2D eigenvalue weighted by Crippen LogP contribution is -2.58. The van der Waals surface area contributed by atoms with Crippen molar-refractivity contribution in [1.82, 2.24) is 10.2 Å². The maximum absolute atomic E-state index is 13.7. The van der Waals surface area contributed by atoms with Crippen LogP contribution in [0.3, 0.4) is 0 Å². The Labute approximate surface area is 96.3 Å². The van der Waals surface area contributed by atoms with E-state index in [1.165, 1.54) is 0 Å². The van der Waals surface area contributed by atoms with Crippen LogP contribution in [0, 0.1) is 0 Å². The van der Waals surface area contributed by atoms with E-state index in [-0.39, 0.29) is 12.1 Å². The molecule has 2 fully saturated rings. The summed E-state index contributed by atoms with van der Waals surface area (Å²) in [5, 5.41) is 2.97. The lowest BCUT2D eigenvalue weighted by molar-refractivity contribution is -0.0889. The van der Waals surface area contributed by atoms with E-state index in [0.29, 0.717) is 13.1 Å².